The third-order valence-electron chi connectivity index (χ3n) is 4.37. The third kappa shape index (κ3) is 3.78. The average Bonchev–Trinajstić information content (AvgIpc) is 2.70. The van der Waals surface area contributed by atoms with Crippen LogP contribution in [-0.4, -0.2) is 49.0 Å². The van der Waals surface area contributed by atoms with Gasteiger partial charge in [-0.05, 0) is 41.9 Å². The van der Waals surface area contributed by atoms with Gasteiger partial charge in [0.2, 0.25) is 15.3 Å². The Morgan fingerprint density at radius 1 is 1.04 bits per heavy atom. The zero-order valence-corrected chi connectivity index (χ0v) is 16.9. The number of fused-ring (bicyclic) bond motifs is 1. The Labute approximate surface area is 172 Å². The first kappa shape index (κ1) is 19.4. The summed E-state index contributed by atoms with van der Waals surface area (Å²) in [5, 5.41) is 4.28. The van der Waals surface area contributed by atoms with Gasteiger partial charge in [-0.3, -0.25) is 0 Å². The molecule has 0 bridgehead atoms. The molecule has 4 rings (SSSR count). The molecule has 2 heterocycles. The molecule has 1 saturated heterocycles. The largest absolute Gasteiger partial charge is 0.379 e. The summed E-state index contributed by atoms with van der Waals surface area (Å²) in [6.07, 6.45) is 0. The van der Waals surface area contributed by atoms with Crippen molar-refractivity contribution >= 4 is 55.6 Å². The van der Waals surface area contributed by atoms with E-state index >= 15 is 0 Å². The van der Waals surface area contributed by atoms with Crippen LogP contribution < -0.4 is 5.32 Å². The number of rotatable bonds is 4. The van der Waals surface area contributed by atoms with Crippen molar-refractivity contribution in [3.63, 3.8) is 0 Å². The second-order valence-corrected chi connectivity index (χ2v) is 8.82. The molecular weight excluding hydrogens is 423 g/mol. The Kier molecular flexibility index (Phi) is 5.39. The van der Waals surface area contributed by atoms with Crippen molar-refractivity contribution in [1.82, 2.24) is 14.3 Å². The van der Waals surface area contributed by atoms with Crippen LogP contribution in [0.25, 0.3) is 10.9 Å². The van der Waals surface area contributed by atoms with E-state index in [9.17, 15) is 8.42 Å². The lowest BCUT2D eigenvalue weighted by Crippen LogP contribution is -2.40. The Morgan fingerprint density at radius 3 is 2.57 bits per heavy atom. The summed E-state index contributed by atoms with van der Waals surface area (Å²) in [6, 6.07) is 11.9. The normalized spacial score (nSPS) is 15.6. The summed E-state index contributed by atoms with van der Waals surface area (Å²) in [5.41, 5.74) is 1.08. The molecule has 146 valence electrons. The molecule has 28 heavy (non-hydrogen) atoms. The first-order chi connectivity index (χ1) is 13.4. The molecule has 1 N–H and O–H groups in total. The van der Waals surface area contributed by atoms with Crippen molar-refractivity contribution in [3.05, 3.63) is 52.8 Å². The molecule has 2 aromatic carbocycles. The van der Waals surface area contributed by atoms with Gasteiger partial charge in [-0.1, -0.05) is 23.7 Å². The van der Waals surface area contributed by atoms with Gasteiger partial charge >= 0.3 is 0 Å². The standard InChI is InChI=1S/C18H16Cl2N4O3S/c19-14-6-5-12(28(25,26)24-7-9-27-10-8-24)11-16(14)21-17-13-3-1-2-4-15(13)22-18(20)23-17/h1-6,11H,7-10H2,(H,21,22,23). The molecule has 0 unspecified atom stereocenters. The van der Waals surface area contributed by atoms with Crippen LogP contribution in [0.5, 0.6) is 0 Å². The van der Waals surface area contributed by atoms with Gasteiger partial charge < -0.3 is 10.1 Å². The predicted octanol–water partition coefficient (Wildman–Crippen LogP) is 3.70. The fourth-order valence-electron chi connectivity index (χ4n) is 2.97. The number of morpholine rings is 1. The molecule has 0 atom stereocenters. The molecule has 1 fully saturated rings. The van der Waals surface area contributed by atoms with Crippen molar-refractivity contribution in [3.8, 4) is 0 Å². The Balaban J connectivity index is 1.73. The first-order valence-electron chi connectivity index (χ1n) is 8.52. The number of nitrogens with one attached hydrogen (secondary N) is 1. The van der Waals surface area contributed by atoms with Crippen molar-refractivity contribution < 1.29 is 13.2 Å². The molecule has 1 aliphatic rings. The lowest BCUT2D eigenvalue weighted by molar-refractivity contribution is 0.0730. The minimum atomic E-state index is -3.65. The lowest BCUT2D eigenvalue weighted by atomic mass is 10.2. The maximum absolute atomic E-state index is 12.9. The molecule has 10 heteroatoms. The Hall–Kier alpha value is -1.97. The number of ether oxygens (including phenoxy) is 1. The molecule has 0 aliphatic carbocycles. The summed E-state index contributed by atoms with van der Waals surface area (Å²) in [7, 11) is -3.65. The quantitative estimate of drug-likeness (QED) is 0.625. The Morgan fingerprint density at radius 2 is 1.79 bits per heavy atom. The molecule has 1 aliphatic heterocycles. The SMILES string of the molecule is O=S(=O)(c1ccc(Cl)c(Nc2nc(Cl)nc3ccccc23)c1)N1CCOCC1. The smallest absolute Gasteiger partial charge is 0.243 e. The molecule has 1 aromatic heterocycles. The number of anilines is 2. The van der Waals surface area contributed by atoms with Crippen LogP contribution in [0, 0.1) is 0 Å². The topological polar surface area (TPSA) is 84.4 Å². The highest BCUT2D eigenvalue weighted by atomic mass is 35.5. The van der Waals surface area contributed by atoms with Crippen LogP contribution in [0.3, 0.4) is 0 Å². The van der Waals surface area contributed by atoms with E-state index in [2.05, 4.69) is 15.3 Å². The van der Waals surface area contributed by atoms with Gasteiger partial charge in [0.25, 0.3) is 0 Å². The van der Waals surface area contributed by atoms with Gasteiger partial charge in [0.15, 0.2) is 0 Å². The minimum absolute atomic E-state index is 0.0782. The highest BCUT2D eigenvalue weighted by Gasteiger charge is 2.27. The van der Waals surface area contributed by atoms with Crippen LogP contribution in [-0.2, 0) is 14.8 Å². The molecular formula is C18H16Cl2N4O3S. The number of hydrogen-bond donors (Lipinski definition) is 1. The Bertz CT molecular complexity index is 1130. The van der Waals surface area contributed by atoms with E-state index < -0.39 is 10.0 Å². The van der Waals surface area contributed by atoms with Crippen molar-refractivity contribution in [2.24, 2.45) is 0 Å². The fraction of sp³-hybridized carbons (Fsp3) is 0.222. The van der Waals surface area contributed by atoms with Gasteiger partial charge in [0.05, 0.1) is 34.3 Å². The first-order valence-corrected chi connectivity index (χ1v) is 10.7. The van der Waals surface area contributed by atoms with Crippen molar-refractivity contribution in [1.29, 1.82) is 0 Å². The van der Waals surface area contributed by atoms with Gasteiger partial charge in [0, 0.05) is 18.5 Å². The van der Waals surface area contributed by atoms with E-state index in [1.807, 2.05) is 24.3 Å². The molecule has 0 saturated carbocycles. The molecule has 3 aromatic rings. The summed E-state index contributed by atoms with van der Waals surface area (Å²) >= 11 is 12.3. The number of sulfonamides is 1. The molecule has 0 spiro atoms. The van der Waals surface area contributed by atoms with E-state index in [4.69, 9.17) is 27.9 Å². The number of benzene rings is 2. The average molecular weight is 439 g/mol. The van der Waals surface area contributed by atoms with Crippen molar-refractivity contribution in [2.45, 2.75) is 4.90 Å². The third-order valence-corrected chi connectivity index (χ3v) is 6.77. The van der Waals surface area contributed by atoms with Crippen LogP contribution in [0.2, 0.25) is 10.3 Å². The van der Waals surface area contributed by atoms with Gasteiger partial charge in [-0.15, -0.1) is 0 Å². The maximum atomic E-state index is 12.9. The number of halogens is 2. The molecule has 0 amide bonds. The summed E-state index contributed by atoms with van der Waals surface area (Å²) in [5.74, 6) is 0.443. The highest BCUT2D eigenvalue weighted by molar-refractivity contribution is 7.89. The summed E-state index contributed by atoms with van der Waals surface area (Å²) in [4.78, 5) is 8.56. The number of aromatic nitrogens is 2. The van der Waals surface area contributed by atoms with Crippen LogP contribution in [0.15, 0.2) is 47.4 Å². The summed E-state index contributed by atoms with van der Waals surface area (Å²) < 4.78 is 32.5. The van der Waals surface area contributed by atoms with Crippen LogP contribution >= 0.6 is 23.2 Å². The number of nitrogens with zero attached hydrogens (tertiary/aromatic N) is 3. The van der Waals surface area contributed by atoms with E-state index in [0.29, 0.717) is 48.3 Å². The summed E-state index contributed by atoms with van der Waals surface area (Å²) in [6.45, 7) is 1.40. The van der Waals surface area contributed by atoms with Crippen molar-refractivity contribution in [2.75, 3.05) is 31.6 Å². The molecule has 7 nitrogen and oxygen atoms in total. The van der Waals surface area contributed by atoms with E-state index in [1.165, 1.54) is 16.4 Å². The zero-order chi connectivity index (χ0) is 19.7. The van der Waals surface area contributed by atoms with Gasteiger partial charge in [-0.25, -0.2) is 13.4 Å². The second kappa shape index (κ2) is 7.81. The number of hydrogen-bond acceptors (Lipinski definition) is 6. The molecule has 0 radical (unpaired) electrons. The maximum Gasteiger partial charge on any atom is 0.243 e. The van der Waals surface area contributed by atoms with E-state index in [1.54, 1.807) is 6.07 Å². The predicted molar refractivity (Wildman–Crippen MR) is 109 cm³/mol. The van der Waals surface area contributed by atoms with Gasteiger partial charge in [0.1, 0.15) is 5.82 Å². The van der Waals surface area contributed by atoms with E-state index in [0.717, 1.165) is 5.39 Å². The van der Waals surface area contributed by atoms with Crippen LogP contribution in [0.1, 0.15) is 0 Å². The van der Waals surface area contributed by atoms with Crippen LogP contribution in [0.4, 0.5) is 11.5 Å². The number of para-hydroxylation sites is 1. The second-order valence-electron chi connectivity index (χ2n) is 6.14. The zero-order valence-electron chi connectivity index (χ0n) is 14.6. The minimum Gasteiger partial charge on any atom is -0.379 e. The highest BCUT2D eigenvalue weighted by Crippen LogP contribution is 2.32. The van der Waals surface area contributed by atoms with E-state index in [-0.39, 0.29) is 10.2 Å². The lowest BCUT2D eigenvalue weighted by Gasteiger charge is -2.26. The monoisotopic (exact) mass is 438 g/mol. The fourth-order valence-corrected chi connectivity index (χ4v) is 4.74. The van der Waals surface area contributed by atoms with Gasteiger partial charge in [-0.2, -0.15) is 9.29 Å².